The first-order valence-corrected chi connectivity index (χ1v) is 11.4. The van der Waals surface area contributed by atoms with E-state index in [9.17, 15) is 26.3 Å². The van der Waals surface area contributed by atoms with E-state index in [2.05, 4.69) is 19.9 Å². The monoisotopic (exact) mass is 514 g/mol. The lowest BCUT2D eigenvalue weighted by Crippen LogP contribution is -2.31. The van der Waals surface area contributed by atoms with Gasteiger partial charge in [-0.05, 0) is 29.8 Å². The predicted molar refractivity (Wildman–Crippen MR) is 125 cm³/mol. The van der Waals surface area contributed by atoms with Crippen LogP contribution in [-0.2, 0) is 31.9 Å². The van der Waals surface area contributed by atoms with Crippen LogP contribution in [0.1, 0.15) is 27.9 Å². The summed E-state index contributed by atoms with van der Waals surface area (Å²) in [5.74, 6) is 0.375. The summed E-state index contributed by atoms with van der Waals surface area (Å²) in [6.07, 6.45) is -4.95. The largest absolute Gasteiger partial charge is 0.417 e. The molecular weight excluding hydrogens is 494 g/mol. The molecule has 2 aromatic heterocycles. The van der Waals surface area contributed by atoms with Gasteiger partial charge < -0.3 is 0 Å². The highest BCUT2D eigenvalue weighted by Gasteiger charge is 2.33. The molecule has 0 atom stereocenters. The van der Waals surface area contributed by atoms with Gasteiger partial charge in [0.1, 0.15) is 0 Å². The number of alkyl halides is 6. The molecule has 5 rings (SSSR count). The standard InChI is InChI=1S/C27H20F6N4/c28-26(29,30)20-8-6-18(7-9-20)25-35-14-19-16-37(12-11-23(19)36-25)15-17-5-10-24(34-13-17)21-3-1-2-4-22(21)27(31,32)33/h1-10,13-14H,11-12,15-16H2. The van der Waals surface area contributed by atoms with E-state index in [1.165, 1.54) is 24.3 Å². The molecule has 37 heavy (non-hydrogen) atoms. The van der Waals surface area contributed by atoms with Crippen LogP contribution >= 0.6 is 0 Å². The zero-order chi connectivity index (χ0) is 26.2. The van der Waals surface area contributed by atoms with Crippen molar-refractivity contribution < 1.29 is 26.3 Å². The van der Waals surface area contributed by atoms with Gasteiger partial charge in [-0.15, -0.1) is 0 Å². The number of fused-ring (bicyclic) bond motifs is 1. The van der Waals surface area contributed by atoms with Gasteiger partial charge in [-0.3, -0.25) is 9.88 Å². The molecule has 0 bridgehead atoms. The second kappa shape index (κ2) is 9.59. The van der Waals surface area contributed by atoms with Crippen molar-refractivity contribution in [2.45, 2.75) is 31.9 Å². The molecule has 4 nitrogen and oxygen atoms in total. The average Bonchev–Trinajstić information content (AvgIpc) is 2.88. The first-order chi connectivity index (χ1) is 17.6. The molecule has 0 unspecified atom stereocenters. The van der Waals surface area contributed by atoms with Crippen molar-refractivity contribution in [3.63, 3.8) is 0 Å². The Morgan fingerprint density at radius 3 is 2.22 bits per heavy atom. The topological polar surface area (TPSA) is 41.9 Å². The molecular formula is C27H20F6N4. The van der Waals surface area contributed by atoms with Gasteiger partial charge in [0.25, 0.3) is 0 Å². The Labute approximate surface area is 208 Å². The maximum Gasteiger partial charge on any atom is 0.417 e. The van der Waals surface area contributed by atoms with Crippen LogP contribution in [0.2, 0.25) is 0 Å². The lowest BCUT2D eigenvalue weighted by atomic mass is 10.0. The van der Waals surface area contributed by atoms with Gasteiger partial charge in [-0.25, -0.2) is 9.97 Å². The lowest BCUT2D eigenvalue weighted by Gasteiger charge is -2.28. The lowest BCUT2D eigenvalue weighted by molar-refractivity contribution is -0.138. The minimum absolute atomic E-state index is 0.0365. The number of benzene rings is 2. The summed E-state index contributed by atoms with van der Waals surface area (Å²) in [5.41, 5.74) is 1.98. The Hall–Kier alpha value is -3.79. The van der Waals surface area contributed by atoms with Gasteiger partial charge >= 0.3 is 12.4 Å². The van der Waals surface area contributed by atoms with Crippen LogP contribution in [0.15, 0.2) is 73.1 Å². The van der Waals surface area contributed by atoms with Crippen molar-refractivity contribution in [1.82, 2.24) is 19.9 Å². The van der Waals surface area contributed by atoms with Crippen molar-refractivity contribution in [2.24, 2.45) is 0 Å². The zero-order valence-electron chi connectivity index (χ0n) is 19.3. The van der Waals surface area contributed by atoms with Crippen molar-refractivity contribution in [1.29, 1.82) is 0 Å². The fourth-order valence-corrected chi connectivity index (χ4v) is 4.35. The van der Waals surface area contributed by atoms with Crippen LogP contribution in [0.5, 0.6) is 0 Å². The summed E-state index contributed by atoms with van der Waals surface area (Å²) in [5, 5.41) is 0. The van der Waals surface area contributed by atoms with E-state index in [-0.39, 0.29) is 11.3 Å². The Morgan fingerprint density at radius 2 is 1.54 bits per heavy atom. The molecule has 4 aromatic rings. The Morgan fingerprint density at radius 1 is 0.784 bits per heavy atom. The maximum absolute atomic E-state index is 13.3. The van der Waals surface area contributed by atoms with Crippen molar-refractivity contribution in [3.05, 3.63) is 101 Å². The molecule has 0 aliphatic carbocycles. The molecule has 0 radical (unpaired) electrons. The summed E-state index contributed by atoms with van der Waals surface area (Å²) in [6, 6.07) is 13.5. The van der Waals surface area contributed by atoms with Crippen molar-refractivity contribution >= 4 is 0 Å². The molecule has 0 spiro atoms. The van der Waals surface area contributed by atoms with Crippen LogP contribution < -0.4 is 0 Å². The number of rotatable bonds is 4. The van der Waals surface area contributed by atoms with Crippen molar-refractivity contribution in [2.75, 3.05) is 6.54 Å². The minimum Gasteiger partial charge on any atom is -0.294 e. The summed E-state index contributed by atoms with van der Waals surface area (Å²) in [7, 11) is 0. The molecule has 190 valence electrons. The number of hydrogen-bond donors (Lipinski definition) is 0. The third-order valence-electron chi connectivity index (χ3n) is 6.22. The third-order valence-corrected chi connectivity index (χ3v) is 6.22. The van der Waals surface area contributed by atoms with E-state index in [1.54, 1.807) is 30.6 Å². The number of nitrogens with zero attached hydrogens (tertiary/aromatic N) is 4. The van der Waals surface area contributed by atoms with Crippen LogP contribution in [0.4, 0.5) is 26.3 Å². The molecule has 1 aliphatic heterocycles. The van der Waals surface area contributed by atoms with E-state index in [0.717, 1.165) is 35.0 Å². The van der Waals surface area contributed by atoms with Gasteiger partial charge in [0, 0.05) is 55.1 Å². The number of hydrogen-bond acceptors (Lipinski definition) is 4. The normalized spacial score (nSPS) is 14.4. The Bertz CT molecular complexity index is 1400. The van der Waals surface area contributed by atoms with Gasteiger partial charge in [-0.2, -0.15) is 26.3 Å². The van der Waals surface area contributed by atoms with Gasteiger partial charge in [0.15, 0.2) is 5.82 Å². The second-order valence-electron chi connectivity index (χ2n) is 8.80. The van der Waals surface area contributed by atoms with Crippen LogP contribution in [-0.4, -0.2) is 26.4 Å². The quantitative estimate of drug-likeness (QED) is 0.281. The number of halogens is 6. The van der Waals surface area contributed by atoms with Gasteiger partial charge in [0.2, 0.25) is 0 Å². The third kappa shape index (κ3) is 5.48. The molecule has 0 N–H and O–H groups in total. The molecule has 0 amide bonds. The van der Waals surface area contributed by atoms with Crippen LogP contribution in [0, 0.1) is 0 Å². The van der Waals surface area contributed by atoms with Crippen molar-refractivity contribution in [3.8, 4) is 22.6 Å². The molecule has 0 fully saturated rings. The number of aromatic nitrogens is 3. The summed E-state index contributed by atoms with van der Waals surface area (Å²) in [6.45, 7) is 1.81. The minimum atomic E-state index is -4.47. The van der Waals surface area contributed by atoms with E-state index >= 15 is 0 Å². The fourth-order valence-electron chi connectivity index (χ4n) is 4.35. The van der Waals surface area contributed by atoms with Crippen LogP contribution in [0.25, 0.3) is 22.6 Å². The van der Waals surface area contributed by atoms with Gasteiger partial charge in [-0.1, -0.05) is 36.4 Å². The molecule has 3 heterocycles. The smallest absolute Gasteiger partial charge is 0.294 e. The molecule has 0 saturated carbocycles. The van der Waals surface area contributed by atoms with E-state index in [4.69, 9.17) is 0 Å². The SMILES string of the molecule is FC(F)(F)c1ccc(-c2ncc3c(n2)CCN(Cc2ccc(-c4ccccc4C(F)(F)F)nc2)C3)cc1. The molecule has 2 aromatic carbocycles. The van der Waals surface area contributed by atoms with Crippen LogP contribution in [0.3, 0.4) is 0 Å². The molecule has 1 aliphatic rings. The van der Waals surface area contributed by atoms with E-state index in [1.807, 2.05) is 0 Å². The average molecular weight is 514 g/mol. The summed E-state index contributed by atoms with van der Waals surface area (Å²) >= 11 is 0. The molecule has 0 saturated heterocycles. The maximum atomic E-state index is 13.3. The first kappa shape index (κ1) is 24.9. The number of pyridine rings is 1. The predicted octanol–water partition coefficient (Wildman–Crippen LogP) is 6.80. The Balaban J connectivity index is 1.27. The highest BCUT2D eigenvalue weighted by molar-refractivity contribution is 5.64. The second-order valence-corrected chi connectivity index (χ2v) is 8.80. The Kier molecular flexibility index (Phi) is 6.45. The van der Waals surface area contributed by atoms with E-state index < -0.39 is 23.5 Å². The highest BCUT2D eigenvalue weighted by Crippen LogP contribution is 2.36. The highest BCUT2D eigenvalue weighted by atomic mass is 19.4. The fraction of sp³-hybridized carbons (Fsp3) is 0.222. The summed E-state index contributed by atoms with van der Waals surface area (Å²) in [4.78, 5) is 15.3. The first-order valence-electron chi connectivity index (χ1n) is 11.4. The zero-order valence-corrected chi connectivity index (χ0v) is 19.3. The summed E-state index contributed by atoms with van der Waals surface area (Å²) < 4.78 is 78.5. The molecule has 10 heteroatoms. The van der Waals surface area contributed by atoms with E-state index in [0.29, 0.717) is 37.4 Å². The van der Waals surface area contributed by atoms with Gasteiger partial charge in [0.05, 0.1) is 22.5 Å².